The Hall–Kier alpha value is -1.22. The van der Waals surface area contributed by atoms with E-state index in [4.69, 9.17) is 9.47 Å². The Morgan fingerprint density at radius 3 is 2.84 bits per heavy atom. The van der Waals surface area contributed by atoms with Crippen molar-refractivity contribution in [3.05, 3.63) is 23.8 Å². The molecule has 1 N–H and O–H groups in total. The summed E-state index contributed by atoms with van der Waals surface area (Å²) < 4.78 is 11.3. The fourth-order valence-corrected chi connectivity index (χ4v) is 2.58. The van der Waals surface area contributed by atoms with Crippen molar-refractivity contribution in [3.63, 3.8) is 0 Å². The first kappa shape index (κ1) is 14.2. The summed E-state index contributed by atoms with van der Waals surface area (Å²) in [5.41, 5.74) is 0.562. The third-order valence-corrected chi connectivity index (χ3v) is 3.81. The van der Waals surface area contributed by atoms with Crippen molar-refractivity contribution in [1.82, 2.24) is 0 Å². The minimum atomic E-state index is -0.476. The van der Waals surface area contributed by atoms with Crippen LogP contribution in [0.2, 0.25) is 0 Å². The molecule has 3 heteroatoms. The van der Waals surface area contributed by atoms with Gasteiger partial charge in [-0.2, -0.15) is 0 Å². The summed E-state index contributed by atoms with van der Waals surface area (Å²) in [5, 5.41) is 10.3. The molecule has 0 saturated carbocycles. The molecule has 0 radical (unpaired) electrons. The maximum atomic E-state index is 10.3. The lowest BCUT2D eigenvalue weighted by atomic mass is 9.85. The molecule has 3 nitrogen and oxygen atoms in total. The molecule has 0 spiro atoms. The molecule has 106 valence electrons. The Balaban J connectivity index is 2.19. The van der Waals surface area contributed by atoms with Crippen LogP contribution in [0.5, 0.6) is 11.5 Å². The van der Waals surface area contributed by atoms with Gasteiger partial charge in [0.05, 0.1) is 13.2 Å². The van der Waals surface area contributed by atoms with E-state index in [1.807, 2.05) is 18.2 Å². The van der Waals surface area contributed by atoms with Crippen molar-refractivity contribution in [2.75, 3.05) is 7.11 Å². The molecule has 0 saturated heterocycles. The molecular weight excluding hydrogens is 240 g/mol. The van der Waals surface area contributed by atoms with Gasteiger partial charge in [-0.15, -0.1) is 0 Å². The summed E-state index contributed by atoms with van der Waals surface area (Å²) in [7, 11) is 1.63. The summed E-state index contributed by atoms with van der Waals surface area (Å²) in [6.45, 7) is 6.51. The van der Waals surface area contributed by atoms with Gasteiger partial charge in [0, 0.05) is 12.0 Å². The zero-order valence-electron chi connectivity index (χ0n) is 12.3. The standard InChI is InChI=1S/C16H24O3/c1-11(2)7-8-16(3)10-14(17)13-9-12(18-4)5-6-15(13)19-16/h5-6,9,11,14,17H,7-8,10H2,1-4H3/t14-,16?/m0/s1. The van der Waals surface area contributed by atoms with Gasteiger partial charge in [0.1, 0.15) is 17.1 Å². The van der Waals surface area contributed by atoms with E-state index >= 15 is 0 Å². The second kappa shape index (κ2) is 5.41. The zero-order chi connectivity index (χ0) is 14.0. The fourth-order valence-electron chi connectivity index (χ4n) is 2.58. The molecule has 1 aromatic carbocycles. The normalized spacial score (nSPS) is 25.9. The fraction of sp³-hybridized carbons (Fsp3) is 0.625. The minimum absolute atomic E-state index is 0.273. The number of hydrogen-bond acceptors (Lipinski definition) is 3. The summed E-state index contributed by atoms with van der Waals surface area (Å²) in [5.74, 6) is 2.19. The molecule has 0 aromatic heterocycles. The topological polar surface area (TPSA) is 38.7 Å². The molecule has 19 heavy (non-hydrogen) atoms. The molecule has 1 aromatic rings. The van der Waals surface area contributed by atoms with Crippen molar-refractivity contribution < 1.29 is 14.6 Å². The zero-order valence-corrected chi connectivity index (χ0v) is 12.3. The molecular formula is C16H24O3. The largest absolute Gasteiger partial charge is 0.497 e. The van der Waals surface area contributed by atoms with E-state index in [1.54, 1.807) is 7.11 Å². The number of methoxy groups -OCH3 is 1. The predicted molar refractivity (Wildman–Crippen MR) is 75.7 cm³/mol. The van der Waals surface area contributed by atoms with Crippen molar-refractivity contribution in [1.29, 1.82) is 0 Å². The van der Waals surface area contributed by atoms with Gasteiger partial charge in [0.25, 0.3) is 0 Å². The van der Waals surface area contributed by atoms with Crippen molar-refractivity contribution >= 4 is 0 Å². The number of hydrogen-bond donors (Lipinski definition) is 1. The molecule has 1 aliphatic rings. The lowest BCUT2D eigenvalue weighted by Gasteiger charge is -2.38. The maximum absolute atomic E-state index is 10.3. The van der Waals surface area contributed by atoms with Gasteiger partial charge in [-0.3, -0.25) is 0 Å². The average Bonchev–Trinajstić information content (AvgIpc) is 2.36. The van der Waals surface area contributed by atoms with Crippen LogP contribution in [-0.4, -0.2) is 17.8 Å². The van der Waals surface area contributed by atoms with Crippen LogP contribution >= 0.6 is 0 Å². The molecule has 0 aliphatic carbocycles. The monoisotopic (exact) mass is 264 g/mol. The highest BCUT2D eigenvalue weighted by atomic mass is 16.5. The van der Waals surface area contributed by atoms with E-state index in [-0.39, 0.29) is 5.60 Å². The smallest absolute Gasteiger partial charge is 0.126 e. The van der Waals surface area contributed by atoms with Crippen molar-refractivity contribution in [2.24, 2.45) is 5.92 Å². The van der Waals surface area contributed by atoms with Crippen LogP contribution < -0.4 is 9.47 Å². The van der Waals surface area contributed by atoms with E-state index in [0.717, 1.165) is 29.9 Å². The lowest BCUT2D eigenvalue weighted by Crippen LogP contribution is -2.38. The third-order valence-electron chi connectivity index (χ3n) is 3.81. The van der Waals surface area contributed by atoms with Gasteiger partial charge in [-0.1, -0.05) is 13.8 Å². The van der Waals surface area contributed by atoms with E-state index < -0.39 is 6.10 Å². The number of fused-ring (bicyclic) bond motifs is 1. The molecule has 0 bridgehead atoms. The first-order valence-corrected chi connectivity index (χ1v) is 6.98. The van der Waals surface area contributed by atoms with Crippen LogP contribution in [0.1, 0.15) is 51.7 Å². The Kier molecular flexibility index (Phi) is 4.04. The van der Waals surface area contributed by atoms with Crippen LogP contribution in [0.3, 0.4) is 0 Å². The van der Waals surface area contributed by atoms with Gasteiger partial charge in [0.15, 0.2) is 0 Å². The highest BCUT2D eigenvalue weighted by Gasteiger charge is 2.36. The van der Waals surface area contributed by atoms with Gasteiger partial charge < -0.3 is 14.6 Å². The van der Waals surface area contributed by atoms with E-state index in [0.29, 0.717) is 12.3 Å². The van der Waals surface area contributed by atoms with Gasteiger partial charge in [-0.25, -0.2) is 0 Å². The van der Waals surface area contributed by atoms with Gasteiger partial charge in [0.2, 0.25) is 0 Å². The SMILES string of the molecule is COc1ccc2c(c1)[C@@H](O)CC(C)(CCC(C)C)O2. The Morgan fingerprint density at radius 2 is 2.21 bits per heavy atom. The Morgan fingerprint density at radius 1 is 1.47 bits per heavy atom. The van der Waals surface area contributed by atoms with Crippen LogP contribution in [0.25, 0.3) is 0 Å². The predicted octanol–water partition coefficient (Wildman–Crippen LogP) is 3.71. The summed E-state index contributed by atoms with van der Waals surface area (Å²) in [6, 6.07) is 5.63. The maximum Gasteiger partial charge on any atom is 0.126 e. The molecule has 2 atom stereocenters. The molecule has 2 rings (SSSR count). The third kappa shape index (κ3) is 3.21. The molecule has 1 unspecified atom stereocenters. The minimum Gasteiger partial charge on any atom is -0.497 e. The van der Waals surface area contributed by atoms with Crippen molar-refractivity contribution in [3.8, 4) is 11.5 Å². The Labute approximate surface area is 115 Å². The summed E-state index contributed by atoms with van der Waals surface area (Å²) >= 11 is 0. The van der Waals surface area contributed by atoms with E-state index in [1.165, 1.54) is 0 Å². The average molecular weight is 264 g/mol. The molecule has 0 fully saturated rings. The number of aliphatic hydroxyl groups excluding tert-OH is 1. The van der Waals surface area contributed by atoms with Crippen LogP contribution in [-0.2, 0) is 0 Å². The summed E-state index contributed by atoms with van der Waals surface area (Å²) in [6.07, 6.45) is 2.23. The van der Waals surface area contributed by atoms with Gasteiger partial charge >= 0.3 is 0 Å². The first-order chi connectivity index (χ1) is 8.93. The molecule has 0 amide bonds. The Bertz CT molecular complexity index is 442. The molecule has 1 aliphatic heterocycles. The molecule has 1 heterocycles. The quantitative estimate of drug-likeness (QED) is 0.901. The van der Waals surface area contributed by atoms with E-state index in [9.17, 15) is 5.11 Å². The van der Waals surface area contributed by atoms with Crippen molar-refractivity contribution in [2.45, 2.75) is 51.7 Å². The second-order valence-electron chi connectivity index (χ2n) is 6.11. The highest BCUT2D eigenvalue weighted by Crippen LogP contribution is 2.43. The van der Waals surface area contributed by atoms with E-state index in [2.05, 4.69) is 20.8 Å². The van der Waals surface area contributed by atoms with Crippen LogP contribution in [0.15, 0.2) is 18.2 Å². The second-order valence-corrected chi connectivity index (χ2v) is 6.11. The highest BCUT2D eigenvalue weighted by molar-refractivity contribution is 5.43. The first-order valence-electron chi connectivity index (χ1n) is 6.98. The summed E-state index contributed by atoms with van der Waals surface area (Å²) in [4.78, 5) is 0. The number of aliphatic hydroxyl groups is 1. The van der Waals surface area contributed by atoms with Gasteiger partial charge in [-0.05, 0) is 43.9 Å². The lowest BCUT2D eigenvalue weighted by molar-refractivity contribution is -0.0102. The van der Waals surface area contributed by atoms with Crippen LogP contribution in [0, 0.1) is 5.92 Å². The number of rotatable bonds is 4. The van der Waals surface area contributed by atoms with Crippen LogP contribution in [0.4, 0.5) is 0 Å². The number of benzene rings is 1. The number of ether oxygens (including phenoxy) is 2.